The molecule has 0 bridgehead atoms. The first-order chi connectivity index (χ1) is 12.2. The number of carbonyl (C=O) groups excluding carboxylic acids is 1. The summed E-state index contributed by atoms with van der Waals surface area (Å²) in [4.78, 5) is 15.8. The molecule has 1 fully saturated rings. The average molecular weight is 343 g/mol. The van der Waals surface area contributed by atoms with E-state index in [1.165, 1.54) is 0 Å². The number of nitrogens with one attached hydrogen (secondary N) is 1. The number of piperidine rings is 1. The van der Waals surface area contributed by atoms with Gasteiger partial charge in [0.2, 0.25) is 11.9 Å². The summed E-state index contributed by atoms with van der Waals surface area (Å²) in [6.07, 6.45) is 2.16. The third-order valence-electron chi connectivity index (χ3n) is 4.68. The van der Waals surface area contributed by atoms with Crippen molar-refractivity contribution < 1.29 is 4.79 Å². The fourth-order valence-electron chi connectivity index (χ4n) is 3.23. The Labute approximate surface area is 147 Å². The summed E-state index contributed by atoms with van der Waals surface area (Å²) in [5.41, 5.74) is 0.953. The van der Waals surface area contributed by atoms with Gasteiger partial charge in [-0.15, -0.1) is 0 Å². The minimum atomic E-state index is 0.0811. The highest BCUT2D eigenvalue weighted by Gasteiger charge is 2.23. The van der Waals surface area contributed by atoms with Gasteiger partial charge < -0.3 is 10.2 Å². The summed E-state index contributed by atoms with van der Waals surface area (Å²) in [6.45, 7) is 3.30. The number of carbonyl (C=O) groups is 1. The van der Waals surface area contributed by atoms with Crippen LogP contribution >= 0.6 is 0 Å². The molecule has 2 aromatic rings. The van der Waals surface area contributed by atoms with E-state index < -0.39 is 0 Å². The molecular formula is C17H25N7O. The van der Waals surface area contributed by atoms with Crippen LogP contribution in [0.1, 0.15) is 12.8 Å². The van der Waals surface area contributed by atoms with E-state index in [-0.39, 0.29) is 5.91 Å². The van der Waals surface area contributed by atoms with Crippen molar-refractivity contribution in [3.05, 3.63) is 30.3 Å². The molecule has 0 atom stereocenters. The smallest absolute Gasteiger partial charge is 0.250 e. The van der Waals surface area contributed by atoms with Gasteiger partial charge in [-0.1, -0.05) is 23.3 Å². The van der Waals surface area contributed by atoms with Crippen LogP contribution in [0.2, 0.25) is 0 Å². The quantitative estimate of drug-likeness (QED) is 0.825. The number of hydrogen-bond donors (Lipinski definition) is 1. The first kappa shape index (κ1) is 17.3. The third kappa shape index (κ3) is 4.33. The molecule has 2 heterocycles. The predicted molar refractivity (Wildman–Crippen MR) is 95.7 cm³/mol. The first-order valence-electron chi connectivity index (χ1n) is 8.65. The molecular weight excluding hydrogens is 318 g/mol. The van der Waals surface area contributed by atoms with Crippen LogP contribution in [0.4, 0.5) is 5.95 Å². The molecule has 0 spiro atoms. The molecule has 1 aromatic carbocycles. The fraction of sp³-hybridized carbons (Fsp3) is 0.529. The SMILES string of the molecule is CNC(=O)CN1CCC(CN(C)c2nnnn2-c2ccccc2)CC1. The number of likely N-dealkylation sites (tertiary alicyclic amines) is 1. The Morgan fingerprint density at radius 1 is 1.28 bits per heavy atom. The predicted octanol–water partition coefficient (Wildman–Crippen LogP) is 0.557. The number of hydrogen-bond acceptors (Lipinski definition) is 6. The molecule has 1 N–H and O–H groups in total. The standard InChI is InChI=1S/C17H25N7O/c1-18-16(25)13-23-10-8-14(9-11-23)12-22(2)17-19-20-21-24(17)15-6-4-3-5-7-15/h3-7,14H,8-13H2,1-2H3,(H,18,25). The van der Waals surface area contributed by atoms with E-state index >= 15 is 0 Å². The van der Waals surface area contributed by atoms with Gasteiger partial charge in [-0.3, -0.25) is 9.69 Å². The highest BCUT2D eigenvalue weighted by Crippen LogP contribution is 2.21. The summed E-state index contributed by atoms with van der Waals surface area (Å²) < 4.78 is 1.76. The number of rotatable bonds is 6. The van der Waals surface area contributed by atoms with Crippen molar-refractivity contribution in [3.63, 3.8) is 0 Å². The van der Waals surface area contributed by atoms with Gasteiger partial charge in [0.05, 0.1) is 12.2 Å². The lowest BCUT2D eigenvalue weighted by Gasteiger charge is -2.33. The molecule has 1 aliphatic heterocycles. The molecule has 8 nitrogen and oxygen atoms in total. The van der Waals surface area contributed by atoms with Crippen molar-refractivity contribution in [1.82, 2.24) is 30.4 Å². The van der Waals surface area contributed by atoms with E-state index in [4.69, 9.17) is 0 Å². The fourth-order valence-corrected chi connectivity index (χ4v) is 3.23. The molecule has 134 valence electrons. The zero-order chi connectivity index (χ0) is 17.6. The number of benzene rings is 1. The number of aromatic nitrogens is 4. The molecule has 1 saturated heterocycles. The van der Waals surface area contributed by atoms with Gasteiger partial charge in [-0.05, 0) is 54.4 Å². The van der Waals surface area contributed by atoms with Gasteiger partial charge in [0.1, 0.15) is 0 Å². The van der Waals surface area contributed by atoms with Crippen LogP contribution in [0.25, 0.3) is 5.69 Å². The lowest BCUT2D eigenvalue weighted by atomic mass is 9.96. The molecule has 8 heteroatoms. The normalized spacial score (nSPS) is 15.9. The van der Waals surface area contributed by atoms with Crippen LogP contribution < -0.4 is 10.2 Å². The highest BCUT2D eigenvalue weighted by molar-refractivity contribution is 5.77. The topological polar surface area (TPSA) is 79.2 Å². The Hall–Kier alpha value is -2.48. The highest BCUT2D eigenvalue weighted by atomic mass is 16.1. The van der Waals surface area contributed by atoms with Gasteiger partial charge in [0.25, 0.3) is 0 Å². The molecule has 1 aromatic heterocycles. The van der Waals surface area contributed by atoms with Crippen LogP contribution in [-0.4, -0.2) is 71.3 Å². The van der Waals surface area contributed by atoms with Crippen LogP contribution in [-0.2, 0) is 4.79 Å². The van der Waals surface area contributed by atoms with Crippen molar-refractivity contribution in [2.24, 2.45) is 5.92 Å². The lowest BCUT2D eigenvalue weighted by Crippen LogP contribution is -2.42. The summed E-state index contributed by atoms with van der Waals surface area (Å²) in [5.74, 6) is 1.41. The van der Waals surface area contributed by atoms with Gasteiger partial charge in [-0.2, -0.15) is 4.68 Å². The van der Waals surface area contributed by atoms with Crippen LogP contribution in [0, 0.1) is 5.92 Å². The van der Waals surface area contributed by atoms with E-state index in [1.807, 2.05) is 37.4 Å². The van der Waals surface area contributed by atoms with Gasteiger partial charge in [0, 0.05) is 20.6 Å². The van der Waals surface area contributed by atoms with Gasteiger partial charge in [-0.25, -0.2) is 0 Å². The summed E-state index contributed by atoms with van der Waals surface area (Å²) >= 11 is 0. The molecule has 0 unspecified atom stereocenters. The van der Waals surface area contributed by atoms with Gasteiger partial charge in [0.15, 0.2) is 0 Å². The minimum Gasteiger partial charge on any atom is -0.358 e. The maximum atomic E-state index is 11.5. The van der Waals surface area contributed by atoms with E-state index in [1.54, 1.807) is 11.7 Å². The number of nitrogens with zero attached hydrogens (tertiary/aromatic N) is 6. The van der Waals surface area contributed by atoms with E-state index in [0.717, 1.165) is 44.1 Å². The number of likely N-dealkylation sites (N-methyl/N-ethyl adjacent to an activating group) is 1. The number of amides is 1. The molecule has 3 rings (SSSR count). The summed E-state index contributed by atoms with van der Waals surface area (Å²) in [7, 11) is 3.71. The van der Waals surface area contributed by atoms with Gasteiger partial charge >= 0.3 is 0 Å². The Kier molecular flexibility index (Phi) is 5.60. The monoisotopic (exact) mass is 343 g/mol. The van der Waals surface area contributed by atoms with Crippen molar-refractivity contribution >= 4 is 11.9 Å². The summed E-state index contributed by atoms with van der Waals surface area (Å²) in [5, 5.41) is 14.8. The molecule has 1 aliphatic rings. The third-order valence-corrected chi connectivity index (χ3v) is 4.68. The first-order valence-corrected chi connectivity index (χ1v) is 8.65. The zero-order valence-electron chi connectivity index (χ0n) is 14.8. The maximum Gasteiger partial charge on any atom is 0.250 e. The van der Waals surface area contributed by atoms with Crippen molar-refractivity contribution in [3.8, 4) is 5.69 Å². The Balaban J connectivity index is 1.57. The maximum absolute atomic E-state index is 11.5. The van der Waals surface area contributed by atoms with E-state index in [2.05, 4.69) is 30.6 Å². The second-order valence-electron chi connectivity index (χ2n) is 6.50. The molecule has 25 heavy (non-hydrogen) atoms. The number of tetrazole rings is 1. The van der Waals surface area contributed by atoms with E-state index in [9.17, 15) is 4.79 Å². The average Bonchev–Trinajstić information content (AvgIpc) is 3.14. The number of anilines is 1. The van der Waals surface area contributed by atoms with Crippen molar-refractivity contribution in [1.29, 1.82) is 0 Å². The van der Waals surface area contributed by atoms with E-state index in [0.29, 0.717) is 12.5 Å². The minimum absolute atomic E-state index is 0.0811. The largest absolute Gasteiger partial charge is 0.358 e. The Morgan fingerprint density at radius 3 is 2.68 bits per heavy atom. The zero-order valence-corrected chi connectivity index (χ0v) is 14.8. The van der Waals surface area contributed by atoms with Crippen LogP contribution in [0.5, 0.6) is 0 Å². The van der Waals surface area contributed by atoms with Crippen LogP contribution in [0.3, 0.4) is 0 Å². The summed E-state index contributed by atoms with van der Waals surface area (Å²) in [6, 6.07) is 9.91. The molecule has 0 aliphatic carbocycles. The van der Waals surface area contributed by atoms with Crippen LogP contribution in [0.15, 0.2) is 30.3 Å². The van der Waals surface area contributed by atoms with Crippen molar-refractivity contribution in [2.45, 2.75) is 12.8 Å². The molecule has 0 radical (unpaired) electrons. The Morgan fingerprint density at radius 2 is 2.00 bits per heavy atom. The lowest BCUT2D eigenvalue weighted by molar-refractivity contribution is -0.122. The molecule has 1 amide bonds. The second-order valence-corrected chi connectivity index (χ2v) is 6.50. The second kappa shape index (κ2) is 8.06. The Bertz CT molecular complexity index is 679. The number of para-hydroxylation sites is 1. The van der Waals surface area contributed by atoms with Crippen molar-refractivity contribution in [2.75, 3.05) is 45.2 Å². The molecule has 0 saturated carbocycles.